The number of nitrogen functional groups attached to an aromatic ring is 1. The highest BCUT2D eigenvalue weighted by Gasteiger charge is 2.27. The van der Waals surface area contributed by atoms with Crippen molar-refractivity contribution in [2.45, 2.75) is 13.0 Å². The number of anilines is 2. The van der Waals surface area contributed by atoms with Gasteiger partial charge in [-0.05, 0) is 36.8 Å². The Morgan fingerprint density at radius 1 is 1.24 bits per heavy atom. The highest BCUT2D eigenvalue weighted by molar-refractivity contribution is 5.95. The molecule has 0 saturated heterocycles. The third-order valence-electron chi connectivity index (χ3n) is 3.35. The van der Waals surface area contributed by atoms with Crippen LogP contribution in [0, 0.1) is 6.92 Å². The number of rotatable bonds is 2. The molecule has 0 bridgehead atoms. The Balaban J connectivity index is 1.70. The van der Waals surface area contributed by atoms with E-state index in [4.69, 9.17) is 15.2 Å². The number of amides is 1. The molecule has 0 spiro atoms. The fraction of sp³-hybridized carbons (Fsp3) is 0.188. The fourth-order valence-corrected chi connectivity index (χ4v) is 2.09. The van der Waals surface area contributed by atoms with Crippen LogP contribution in [0.15, 0.2) is 42.5 Å². The van der Waals surface area contributed by atoms with Crippen LogP contribution in [0.4, 0.5) is 11.4 Å². The molecular weight excluding hydrogens is 268 g/mol. The van der Waals surface area contributed by atoms with Gasteiger partial charge < -0.3 is 20.5 Å². The molecule has 1 aliphatic heterocycles. The number of para-hydroxylation sites is 2. The number of hydrogen-bond donors (Lipinski definition) is 2. The summed E-state index contributed by atoms with van der Waals surface area (Å²) in [6.07, 6.45) is -0.678. The molecule has 5 heteroatoms. The van der Waals surface area contributed by atoms with Crippen LogP contribution in [0.1, 0.15) is 5.56 Å². The number of nitrogens with one attached hydrogen (secondary N) is 1. The first-order valence-electron chi connectivity index (χ1n) is 6.69. The van der Waals surface area contributed by atoms with Crippen molar-refractivity contribution in [1.82, 2.24) is 0 Å². The predicted molar refractivity (Wildman–Crippen MR) is 80.6 cm³/mol. The monoisotopic (exact) mass is 284 g/mol. The molecule has 5 nitrogen and oxygen atoms in total. The van der Waals surface area contributed by atoms with Crippen molar-refractivity contribution in [2.24, 2.45) is 0 Å². The van der Waals surface area contributed by atoms with Gasteiger partial charge in [0.2, 0.25) is 6.10 Å². The first kappa shape index (κ1) is 13.3. The van der Waals surface area contributed by atoms with Crippen molar-refractivity contribution < 1.29 is 14.3 Å². The number of aryl methyl sites for hydroxylation is 1. The highest BCUT2D eigenvalue weighted by Crippen LogP contribution is 2.31. The molecule has 2 aromatic rings. The van der Waals surface area contributed by atoms with Crippen LogP contribution in [-0.2, 0) is 4.79 Å². The Kier molecular flexibility index (Phi) is 3.39. The van der Waals surface area contributed by atoms with E-state index in [2.05, 4.69) is 5.32 Å². The number of nitrogens with two attached hydrogens (primary N) is 1. The van der Waals surface area contributed by atoms with Crippen molar-refractivity contribution in [3.05, 3.63) is 48.0 Å². The number of benzene rings is 2. The van der Waals surface area contributed by atoms with E-state index in [1.807, 2.05) is 31.2 Å². The summed E-state index contributed by atoms with van der Waals surface area (Å²) >= 11 is 0. The summed E-state index contributed by atoms with van der Waals surface area (Å²) in [5.74, 6) is 0.973. The minimum absolute atomic E-state index is 0.185. The molecule has 3 N–H and O–H groups in total. The van der Waals surface area contributed by atoms with Gasteiger partial charge in [0.15, 0.2) is 11.5 Å². The molecular formula is C16H16N2O3. The second-order valence-corrected chi connectivity index (χ2v) is 4.92. The van der Waals surface area contributed by atoms with Crippen molar-refractivity contribution in [1.29, 1.82) is 0 Å². The number of carbonyl (C=O) groups is 1. The van der Waals surface area contributed by atoms with Crippen molar-refractivity contribution in [3.8, 4) is 11.5 Å². The zero-order valence-electron chi connectivity index (χ0n) is 11.6. The first-order valence-corrected chi connectivity index (χ1v) is 6.69. The fourth-order valence-electron chi connectivity index (χ4n) is 2.09. The van der Waals surface area contributed by atoms with Crippen LogP contribution < -0.4 is 20.5 Å². The predicted octanol–water partition coefficient (Wildman–Crippen LogP) is 2.36. The maximum absolute atomic E-state index is 12.2. The molecule has 0 aliphatic carbocycles. The van der Waals surface area contributed by atoms with Crippen molar-refractivity contribution >= 4 is 17.3 Å². The molecule has 0 radical (unpaired) electrons. The summed E-state index contributed by atoms with van der Waals surface area (Å²) in [5, 5.41) is 2.79. The molecule has 0 aromatic heterocycles. The van der Waals surface area contributed by atoms with Gasteiger partial charge in [-0.25, -0.2) is 0 Å². The lowest BCUT2D eigenvalue weighted by Crippen LogP contribution is -2.40. The Morgan fingerprint density at radius 2 is 2.00 bits per heavy atom. The molecule has 1 unspecified atom stereocenters. The van der Waals surface area contributed by atoms with Gasteiger partial charge in [0.05, 0.1) is 0 Å². The topological polar surface area (TPSA) is 73.6 Å². The summed E-state index contributed by atoms with van der Waals surface area (Å²) in [6.45, 7) is 2.10. The Bertz CT molecular complexity index is 685. The van der Waals surface area contributed by atoms with E-state index >= 15 is 0 Å². The van der Waals surface area contributed by atoms with Crippen LogP contribution in [0.2, 0.25) is 0 Å². The number of carbonyl (C=O) groups excluding carboxylic acids is 1. The summed E-state index contributed by atoms with van der Waals surface area (Å²) in [7, 11) is 0. The standard InChI is InChI=1S/C16H16N2O3/c1-10-6-7-11(8-12(10)17)18-16(19)15-9-20-13-4-2-3-5-14(13)21-15/h2-8,15H,9,17H2,1H3,(H,18,19). The van der Waals surface area contributed by atoms with Gasteiger partial charge in [0, 0.05) is 11.4 Å². The molecule has 21 heavy (non-hydrogen) atoms. The summed E-state index contributed by atoms with van der Waals surface area (Å²) in [5.41, 5.74) is 8.08. The lowest BCUT2D eigenvalue weighted by atomic mass is 10.2. The van der Waals surface area contributed by atoms with Crippen molar-refractivity contribution in [2.75, 3.05) is 17.7 Å². The van der Waals surface area contributed by atoms with E-state index in [1.54, 1.807) is 18.2 Å². The molecule has 0 fully saturated rings. The maximum Gasteiger partial charge on any atom is 0.269 e. The van der Waals surface area contributed by atoms with Crippen molar-refractivity contribution in [3.63, 3.8) is 0 Å². The van der Waals surface area contributed by atoms with Gasteiger partial charge >= 0.3 is 0 Å². The molecule has 1 aliphatic rings. The van der Waals surface area contributed by atoms with Crippen LogP contribution in [0.3, 0.4) is 0 Å². The van der Waals surface area contributed by atoms with Crippen LogP contribution in [-0.4, -0.2) is 18.6 Å². The van der Waals surface area contributed by atoms with Crippen LogP contribution in [0.5, 0.6) is 11.5 Å². The lowest BCUT2D eigenvalue weighted by molar-refractivity contribution is -0.125. The van der Waals surface area contributed by atoms with Crippen LogP contribution >= 0.6 is 0 Å². The Hall–Kier alpha value is -2.69. The van der Waals surface area contributed by atoms with Gasteiger partial charge in [0.1, 0.15) is 6.61 Å². The van der Waals surface area contributed by atoms with Gasteiger partial charge in [-0.3, -0.25) is 4.79 Å². The third kappa shape index (κ3) is 2.76. The molecule has 3 rings (SSSR count). The molecule has 1 heterocycles. The Morgan fingerprint density at radius 3 is 2.76 bits per heavy atom. The first-order chi connectivity index (χ1) is 10.1. The molecule has 1 amide bonds. The molecule has 2 aromatic carbocycles. The second-order valence-electron chi connectivity index (χ2n) is 4.92. The number of hydrogen-bond acceptors (Lipinski definition) is 4. The lowest BCUT2D eigenvalue weighted by Gasteiger charge is -2.25. The normalized spacial score (nSPS) is 16.3. The minimum atomic E-state index is -0.678. The maximum atomic E-state index is 12.2. The molecule has 108 valence electrons. The SMILES string of the molecule is Cc1ccc(NC(=O)C2COc3ccccc3O2)cc1N. The van der Waals surface area contributed by atoms with E-state index in [0.29, 0.717) is 22.9 Å². The summed E-state index contributed by atoms with van der Waals surface area (Å²) < 4.78 is 11.2. The zero-order chi connectivity index (χ0) is 14.8. The third-order valence-corrected chi connectivity index (χ3v) is 3.35. The second kappa shape index (κ2) is 5.36. The van der Waals surface area contributed by atoms with E-state index in [-0.39, 0.29) is 12.5 Å². The minimum Gasteiger partial charge on any atom is -0.485 e. The largest absolute Gasteiger partial charge is 0.485 e. The number of fused-ring (bicyclic) bond motifs is 1. The number of ether oxygens (including phenoxy) is 2. The summed E-state index contributed by atoms with van der Waals surface area (Å²) in [4.78, 5) is 12.2. The smallest absolute Gasteiger partial charge is 0.269 e. The zero-order valence-corrected chi connectivity index (χ0v) is 11.6. The average molecular weight is 284 g/mol. The van der Waals surface area contributed by atoms with Crippen LogP contribution in [0.25, 0.3) is 0 Å². The molecule has 1 atom stereocenters. The van der Waals surface area contributed by atoms with Gasteiger partial charge in [-0.2, -0.15) is 0 Å². The van der Waals surface area contributed by atoms with E-state index in [0.717, 1.165) is 5.56 Å². The Labute approximate surface area is 122 Å². The van der Waals surface area contributed by atoms with E-state index in [1.165, 1.54) is 0 Å². The quantitative estimate of drug-likeness (QED) is 0.830. The van der Waals surface area contributed by atoms with Gasteiger partial charge in [-0.1, -0.05) is 18.2 Å². The summed E-state index contributed by atoms with van der Waals surface area (Å²) in [6, 6.07) is 12.7. The average Bonchev–Trinajstić information content (AvgIpc) is 2.50. The van der Waals surface area contributed by atoms with E-state index in [9.17, 15) is 4.79 Å². The molecule has 0 saturated carbocycles. The van der Waals surface area contributed by atoms with Gasteiger partial charge in [-0.15, -0.1) is 0 Å². The van der Waals surface area contributed by atoms with E-state index < -0.39 is 6.10 Å². The van der Waals surface area contributed by atoms with Gasteiger partial charge in [0.25, 0.3) is 5.91 Å². The highest BCUT2D eigenvalue weighted by atomic mass is 16.6.